The van der Waals surface area contributed by atoms with Crippen molar-refractivity contribution in [1.29, 1.82) is 0 Å². The van der Waals surface area contributed by atoms with Crippen molar-refractivity contribution in [3.63, 3.8) is 0 Å². The van der Waals surface area contributed by atoms with Crippen LogP contribution in [-0.2, 0) is 17.8 Å². The Morgan fingerprint density at radius 1 is 1.30 bits per heavy atom. The Hall–Kier alpha value is -1.85. The van der Waals surface area contributed by atoms with Gasteiger partial charge in [0.2, 0.25) is 0 Å². The summed E-state index contributed by atoms with van der Waals surface area (Å²) in [5, 5.41) is 4.36. The van der Waals surface area contributed by atoms with Gasteiger partial charge in [0.1, 0.15) is 5.75 Å². The molecule has 0 spiro atoms. The standard InChI is InChI=1S/C18H25N3O2/c1-14-4-5-18(22-3)16(8-14)11-20-6-7-23-17(12-20)13-21-10-15(2)9-19-21/h4-5,8-10,17H,6-7,11-13H2,1-3H3/t17-/m0/s1. The van der Waals surface area contributed by atoms with Crippen LogP contribution in [0.1, 0.15) is 16.7 Å². The van der Waals surface area contributed by atoms with Crippen molar-refractivity contribution in [2.24, 2.45) is 0 Å². The van der Waals surface area contributed by atoms with E-state index in [1.165, 1.54) is 16.7 Å². The lowest BCUT2D eigenvalue weighted by atomic mass is 10.1. The summed E-state index contributed by atoms with van der Waals surface area (Å²) in [5.74, 6) is 0.960. The van der Waals surface area contributed by atoms with Gasteiger partial charge in [-0.2, -0.15) is 5.10 Å². The largest absolute Gasteiger partial charge is 0.496 e. The fraction of sp³-hybridized carbons (Fsp3) is 0.500. The molecule has 0 bridgehead atoms. The first-order valence-electron chi connectivity index (χ1n) is 8.10. The topological polar surface area (TPSA) is 39.5 Å². The van der Waals surface area contributed by atoms with E-state index in [0.29, 0.717) is 0 Å². The first-order valence-corrected chi connectivity index (χ1v) is 8.10. The second kappa shape index (κ2) is 7.15. The smallest absolute Gasteiger partial charge is 0.123 e. The Balaban J connectivity index is 1.63. The number of ether oxygens (including phenoxy) is 2. The summed E-state index contributed by atoms with van der Waals surface area (Å²) in [6.07, 6.45) is 4.13. The molecule has 0 N–H and O–H groups in total. The lowest BCUT2D eigenvalue weighted by molar-refractivity contribution is -0.0403. The minimum atomic E-state index is 0.179. The fourth-order valence-corrected chi connectivity index (χ4v) is 3.08. The normalized spacial score (nSPS) is 19.0. The molecule has 1 aromatic heterocycles. The zero-order valence-electron chi connectivity index (χ0n) is 14.2. The highest BCUT2D eigenvalue weighted by Gasteiger charge is 2.22. The lowest BCUT2D eigenvalue weighted by Crippen LogP contribution is -2.43. The maximum Gasteiger partial charge on any atom is 0.123 e. The van der Waals surface area contributed by atoms with E-state index in [0.717, 1.165) is 38.5 Å². The van der Waals surface area contributed by atoms with Crippen molar-refractivity contribution in [2.45, 2.75) is 33.0 Å². The molecule has 23 heavy (non-hydrogen) atoms. The molecule has 1 aliphatic rings. The first-order chi connectivity index (χ1) is 11.1. The Morgan fingerprint density at radius 2 is 2.17 bits per heavy atom. The van der Waals surface area contributed by atoms with E-state index in [1.54, 1.807) is 7.11 Å². The van der Waals surface area contributed by atoms with Crippen LogP contribution >= 0.6 is 0 Å². The van der Waals surface area contributed by atoms with Crippen molar-refractivity contribution in [3.05, 3.63) is 47.3 Å². The summed E-state index contributed by atoms with van der Waals surface area (Å²) < 4.78 is 13.4. The lowest BCUT2D eigenvalue weighted by Gasteiger charge is -2.33. The van der Waals surface area contributed by atoms with Gasteiger partial charge in [-0.25, -0.2) is 0 Å². The summed E-state index contributed by atoms with van der Waals surface area (Å²) in [7, 11) is 1.73. The number of morpholine rings is 1. The summed E-state index contributed by atoms with van der Waals surface area (Å²) in [4.78, 5) is 2.43. The van der Waals surface area contributed by atoms with Crippen LogP contribution in [0.25, 0.3) is 0 Å². The minimum Gasteiger partial charge on any atom is -0.496 e. The van der Waals surface area contributed by atoms with E-state index in [4.69, 9.17) is 9.47 Å². The van der Waals surface area contributed by atoms with Gasteiger partial charge in [0.25, 0.3) is 0 Å². The average molecular weight is 315 g/mol. The molecule has 2 heterocycles. The molecular formula is C18H25N3O2. The molecule has 0 aliphatic carbocycles. The van der Waals surface area contributed by atoms with Crippen LogP contribution in [0.15, 0.2) is 30.6 Å². The number of aromatic nitrogens is 2. The van der Waals surface area contributed by atoms with E-state index < -0.39 is 0 Å². The van der Waals surface area contributed by atoms with Gasteiger partial charge in [0.15, 0.2) is 0 Å². The maximum absolute atomic E-state index is 5.91. The zero-order chi connectivity index (χ0) is 16.2. The molecule has 1 saturated heterocycles. The third-order valence-corrected chi connectivity index (χ3v) is 4.21. The van der Waals surface area contributed by atoms with Crippen LogP contribution in [0.5, 0.6) is 5.75 Å². The molecule has 3 rings (SSSR count). The number of hydrogen-bond donors (Lipinski definition) is 0. The Bertz CT molecular complexity index is 653. The predicted molar refractivity (Wildman–Crippen MR) is 89.7 cm³/mol. The quantitative estimate of drug-likeness (QED) is 0.849. The number of nitrogens with zero attached hydrogens (tertiary/aromatic N) is 3. The van der Waals surface area contributed by atoms with Crippen LogP contribution in [0.3, 0.4) is 0 Å². The van der Waals surface area contributed by atoms with Crippen molar-refractivity contribution in [2.75, 3.05) is 26.8 Å². The fourth-order valence-electron chi connectivity index (χ4n) is 3.08. The molecule has 1 aliphatic heterocycles. The molecule has 124 valence electrons. The molecular weight excluding hydrogens is 290 g/mol. The van der Waals surface area contributed by atoms with Crippen LogP contribution in [-0.4, -0.2) is 47.6 Å². The van der Waals surface area contributed by atoms with Gasteiger partial charge >= 0.3 is 0 Å². The summed E-state index contributed by atoms with van der Waals surface area (Å²) in [5.41, 5.74) is 3.68. The van der Waals surface area contributed by atoms with E-state index >= 15 is 0 Å². The van der Waals surface area contributed by atoms with Gasteiger partial charge in [-0.05, 0) is 25.5 Å². The molecule has 5 heteroatoms. The second-order valence-corrected chi connectivity index (χ2v) is 6.28. The van der Waals surface area contributed by atoms with Crippen LogP contribution < -0.4 is 4.74 Å². The van der Waals surface area contributed by atoms with E-state index in [2.05, 4.69) is 48.2 Å². The zero-order valence-corrected chi connectivity index (χ0v) is 14.2. The van der Waals surface area contributed by atoms with Crippen molar-refractivity contribution in [1.82, 2.24) is 14.7 Å². The highest BCUT2D eigenvalue weighted by molar-refractivity contribution is 5.36. The highest BCUT2D eigenvalue weighted by atomic mass is 16.5. The molecule has 1 aromatic carbocycles. The van der Waals surface area contributed by atoms with E-state index in [9.17, 15) is 0 Å². The molecule has 0 saturated carbocycles. The van der Waals surface area contributed by atoms with Gasteiger partial charge in [0, 0.05) is 31.4 Å². The number of hydrogen-bond acceptors (Lipinski definition) is 4. The number of aryl methyl sites for hydroxylation is 2. The van der Waals surface area contributed by atoms with Crippen LogP contribution in [0.4, 0.5) is 0 Å². The predicted octanol–water partition coefficient (Wildman–Crippen LogP) is 2.41. The Kier molecular flexibility index (Phi) is 4.98. The average Bonchev–Trinajstić information content (AvgIpc) is 2.93. The SMILES string of the molecule is COc1ccc(C)cc1CN1CCO[C@H](Cn2cc(C)cn2)C1. The van der Waals surface area contributed by atoms with E-state index in [1.807, 2.05) is 10.9 Å². The van der Waals surface area contributed by atoms with Crippen molar-refractivity contribution in [3.8, 4) is 5.75 Å². The maximum atomic E-state index is 5.91. The summed E-state index contributed by atoms with van der Waals surface area (Å²) >= 11 is 0. The van der Waals surface area contributed by atoms with Crippen molar-refractivity contribution >= 4 is 0 Å². The van der Waals surface area contributed by atoms with Gasteiger partial charge in [-0.3, -0.25) is 9.58 Å². The number of benzene rings is 1. The third-order valence-electron chi connectivity index (χ3n) is 4.21. The van der Waals surface area contributed by atoms with Gasteiger partial charge in [0.05, 0.1) is 32.6 Å². The molecule has 0 unspecified atom stereocenters. The Morgan fingerprint density at radius 3 is 2.91 bits per heavy atom. The van der Waals surface area contributed by atoms with Crippen molar-refractivity contribution < 1.29 is 9.47 Å². The summed E-state index contributed by atoms with van der Waals surface area (Å²) in [6, 6.07) is 6.35. The number of rotatable bonds is 5. The molecule has 5 nitrogen and oxygen atoms in total. The Labute approximate surface area is 137 Å². The van der Waals surface area contributed by atoms with Crippen LogP contribution in [0.2, 0.25) is 0 Å². The van der Waals surface area contributed by atoms with Crippen LogP contribution in [0, 0.1) is 13.8 Å². The monoisotopic (exact) mass is 315 g/mol. The molecule has 2 aromatic rings. The van der Waals surface area contributed by atoms with E-state index in [-0.39, 0.29) is 6.10 Å². The van der Waals surface area contributed by atoms with Gasteiger partial charge in [-0.1, -0.05) is 17.7 Å². The second-order valence-electron chi connectivity index (χ2n) is 6.28. The van der Waals surface area contributed by atoms with Gasteiger partial charge in [-0.15, -0.1) is 0 Å². The third kappa shape index (κ3) is 4.12. The summed E-state index contributed by atoms with van der Waals surface area (Å²) in [6.45, 7) is 8.49. The first kappa shape index (κ1) is 16.0. The van der Waals surface area contributed by atoms with Gasteiger partial charge < -0.3 is 9.47 Å². The molecule has 0 amide bonds. The highest BCUT2D eigenvalue weighted by Crippen LogP contribution is 2.22. The molecule has 0 radical (unpaired) electrons. The minimum absolute atomic E-state index is 0.179. The molecule has 1 atom stereocenters. The molecule has 1 fully saturated rings. The number of methoxy groups -OCH3 is 1.